The van der Waals surface area contributed by atoms with Crippen LogP contribution < -0.4 is 10.6 Å². The summed E-state index contributed by atoms with van der Waals surface area (Å²) in [5, 5.41) is 6.57. The molecule has 0 atom stereocenters. The van der Waals surface area contributed by atoms with Gasteiger partial charge in [-0.3, -0.25) is 4.99 Å². The van der Waals surface area contributed by atoms with Gasteiger partial charge in [-0.25, -0.2) is 4.98 Å². The van der Waals surface area contributed by atoms with Crippen LogP contribution in [0.3, 0.4) is 0 Å². The molecule has 2 N–H and O–H groups in total. The van der Waals surface area contributed by atoms with E-state index in [9.17, 15) is 0 Å². The lowest BCUT2D eigenvalue weighted by molar-refractivity contribution is 0.779. The van der Waals surface area contributed by atoms with Gasteiger partial charge in [-0.05, 0) is 17.5 Å². The monoisotopic (exact) mass is 285 g/mol. The Labute approximate surface area is 126 Å². The fourth-order valence-electron chi connectivity index (χ4n) is 2.00. The predicted octanol–water partition coefficient (Wildman–Crippen LogP) is 2.01. The number of imidazole rings is 1. The summed E-state index contributed by atoms with van der Waals surface area (Å²) in [5.74, 6) is 0.847. The van der Waals surface area contributed by atoms with Gasteiger partial charge >= 0.3 is 0 Å². The van der Waals surface area contributed by atoms with E-state index in [4.69, 9.17) is 0 Å². The predicted molar refractivity (Wildman–Crippen MR) is 86.3 cm³/mol. The van der Waals surface area contributed by atoms with Crippen molar-refractivity contribution in [3.05, 3.63) is 54.1 Å². The molecule has 0 radical (unpaired) electrons. The Morgan fingerprint density at radius 2 is 1.95 bits per heavy atom. The molecule has 2 aromatic rings. The molecule has 1 aromatic carbocycles. The minimum atomic E-state index is 0.773. The highest BCUT2D eigenvalue weighted by atomic mass is 15.2. The molecule has 1 heterocycles. The number of aliphatic imine (C=N–C) groups is 1. The van der Waals surface area contributed by atoms with Gasteiger partial charge in [0.25, 0.3) is 0 Å². The number of nitrogens with one attached hydrogen (secondary N) is 2. The molecule has 5 nitrogen and oxygen atoms in total. The third-order valence-corrected chi connectivity index (χ3v) is 3.17. The van der Waals surface area contributed by atoms with Gasteiger partial charge in [-0.2, -0.15) is 0 Å². The van der Waals surface area contributed by atoms with Crippen LogP contribution in [0.4, 0.5) is 0 Å². The zero-order valence-corrected chi connectivity index (χ0v) is 12.7. The van der Waals surface area contributed by atoms with Crippen molar-refractivity contribution in [1.82, 2.24) is 20.2 Å². The van der Waals surface area contributed by atoms with Crippen LogP contribution in [0, 0.1) is 0 Å². The Hall–Kier alpha value is -2.30. The summed E-state index contributed by atoms with van der Waals surface area (Å²) in [6, 6.07) is 8.59. The highest BCUT2D eigenvalue weighted by molar-refractivity contribution is 5.79. The van der Waals surface area contributed by atoms with Crippen LogP contribution >= 0.6 is 0 Å². The van der Waals surface area contributed by atoms with Crippen LogP contribution in [-0.4, -0.2) is 29.1 Å². The highest BCUT2D eigenvalue weighted by Crippen LogP contribution is 2.06. The van der Waals surface area contributed by atoms with Gasteiger partial charge in [0.1, 0.15) is 0 Å². The lowest BCUT2D eigenvalue weighted by atomic mass is 10.1. The maximum Gasteiger partial charge on any atom is 0.191 e. The lowest BCUT2D eigenvalue weighted by Crippen LogP contribution is -2.37. The molecule has 0 unspecified atom stereocenters. The largest absolute Gasteiger partial charge is 0.356 e. The average molecular weight is 285 g/mol. The molecular formula is C16H23N5. The van der Waals surface area contributed by atoms with Crippen molar-refractivity contribution in [2.45, 2.75) is 26.4 Å². The van der Waals surface area contributed by atoms with Crippen molar-refractivity contribution in [3.8, 4) is 0 Å². The Bertz CT molecular complexity index is 543. The molecule has 0 saturated carbocycles. The van der Waals surface area contributed by atoms with Crippen LogP contribution in [0.5, 0.6) is 0 Å². The number of aromatic nitrogens is 2. The second-order valence-electron chi connectivity index (χ2n) is 4.90. The SMILES string of the molecule is CCCNC(=NC)NCc1ccc(Cn2ccnc2)cc1. The summed E-state index contributed by atoms with van der Waals surface area (Å²) >= 11 is 0. The highest BCUT2D eigenvalue weighted by Gasteiger charge is 1.99. The van der Waals surface area contributed by atoms with Crippen LogP contribution in [0.2, 0.25) is 0 Å². The van der Waals surface area contributed by atoms with Crippen molar-refractivity contribution < 1.29 is 0 Å². The summed E-state index contributed by atoms with van der Waals surface area (Å²) in [4.78, 5) is 8.24. The molecule has 0 aliphatic carbocycles. The third-order valence-electron chi connectivity index (χ3n) is 3.17. The van der Waals surface area contributed by atoms with E-state index >= 15 is 0 Å². The van der Waals surface area contributed by atoms with E-state index < -0.39 is 0 Å². The van der Waals surface area contributed by atoms with Crippen LogP contribution in [0.15, 0.2) is 48.0 Å². The molecule has 0 bridgehead atoms. The van der Waals surface area contributed by atoms with E-state index in [1.165, 1.54) is 11.1 Å². The molecule has 0 saturated heterocycles. The van der Waals surface area contributed by atoms with Crippen molar-refractivity contribution in [1.29, 1.82) is 0 Å². The molecule has 5 heteroatoms. The van der Waals surface area contributed by atoms with Gasteiger partial charge in [-0.1, -0.05) is 31.2 Å². The zero-order valence-electron chi connectivity index (χ0n) is 12.7. The van der Waals surface area contributed by atoms with Gasteiger partial charge in [0, 0.05) is 39.1 Å². The maximum atomic E-state index is 4.19. The normalized spacial score (nSPS) is 11.4. The van der Waals surface area contributed by atoms with E-state index in [1.807, 2.05) is 12.5 Å². The van der Waals surface area contributed by atoms with Gasteiger partial charge in [0.05, 0.1) is 6.33 Å². The molecule has 0 aliphatic heterocycles. The zero-order chi connectivity index (χ0) is 14.9. The molecular weight excluding hydrogens is 262 g/mol. The topological polar surface area (TPSA) is 54.2 Å². The van der Waals surface area contributed by atoms with Crippen molar-refractivity contribution in [2.24, 2.45) is 4.99 Å². The van der Waals surface area contributed by atoms with E-state index in [0.29, 0.717) is 0 Å². The van der Waals surface area contributed by atoms with Crippen molar-refractivity contribution in [2.75, 3.05) is 13.6 Å². The van der Waals surface area contributed by atoms with E-state index in [0.717, 1.165) is 32.0 Å². The van der Waals surface area contributed by atoms with Gasteiger partial charge < -0.3 is 15.2 Å². The Morgan fingerprint density at radius 3 is 2.57 bits per heavy atom. The van der Waals surface area contributed by atoms with E-state index in [-0.39, 0.29) is 0 Å². The fraction of sp³-hybridized carbons (Fsp3) is 0.375. The van der Waals surface area contributed by atoms with Crippen molar-refractivity contribution >= 4 is 5.96 Å². The first-order chi connectivity index (χ1) is 10.3. The molecule has 1 aromatic heterocycles. The molecule has 112 valence electrons. The molecule has 0 amide bonds. The van der Waals surface area contributed by atoms with Gasteiger partial charge in [0.15, 0.2) is 5.96 Å². The minimum Gasteiger partial charge on any atom is -0.356 e. The van der Waals surface area contributed by atoms with Crippen LogP contribution in [-0.2, 0) is 13.1 Å². The van der Waals surface area contributed by atoms with Crippen LogP contribution in [0.1, 0.15) is 24.5 Å². The maximum absolute atomic E-state index is 4.19. The molecule has 2 rings (SSSR count). The summed E-state index contributed by atoms with van der Waals surface area (Å²) in [6.45, 7) is 4.70. The quantitative estimate of drug-likeness (QED) is 0.630. The number of hydrogen-bond donors (Lipinski definition) is 2. The Kier molecular flexibility index (Phi) is 5.82. The summed E-state index contributed by atoms with van der Waals surface area (Å²) in [7, 11) is 1.79. The minimum absolute atomic E-state index is 0.773. The number of nitrogens with zero attached hydrogens (tertiary/aromatic N) is 3. The number of benzene rings is 1. The number of guanidine groups is 1. The Morgan fingerprint density at radius 1 is 1.19 bits per heavy atom. The molecule has 21 heavy (non-hydrogen) atoms. The smallest absolute Gasteiger partial charge is 0.191 e. The number of rotatable bonds is 6. The molecule has 0 fully saturated rings. The first kappa shape index (κ1) is 15.1. The third kappa shape index (κ3) is 4.95. The summed E-state index contributed by atoms with van der Waals surface area (Å²) in [5.41, 5.74) is 2.51. The van der Waals surface area contributed by atoms with E-state index in [2.05, 4.69) is 56.4 Å². The fourth-order valence-corrected chi connectivity index (χ4v) is 2.00. The first-order valence-corrected chi connectivity index (χ1v) is 7.30. The molecule has 0 aliphatic rings. The standard InChI is InChI=1S/C16H23N5/c1-3-8-19-16(17-2)20-11-14-4-6-15(7-5-14)12-21-10-9-18-13-21/h4-7,9-10,13H,3,8,11-12H2,1-2H3,(H2,17,19,20). The second kappa shape index (κ2) is 8.09. The van der Waals surface area contributed by atoms with Crippen LogP contribution in [0.25, 0.3) is 0 Å². The van der Waals surface area contributed by atoms with E-state index in [1.54, 1.807) is 13.2 Å². The second-order valence-corrected chi connectivity index (χ2v) is 4.90. The summed E-state index contributed by atoms with van der Waals surface area (Å²) < 4.78 is 2.06. The Balaban J connectivity index is 1.84. The molecule has 0 spiro atoms. The average Bonchev–Trinajstić information content (AvgIpc) is 3.02. The van der Waals surface area contributed by atoms with Gasteiger partial charge in [-0.15, -0.1) is 0 Å². The van der Waals surface area contributed by atoms with Crippen molar-refractivity contribution in [3.63, 3.8) is 0 Å². The first-order valence-electron chi connectivity index (χ1n) is 7.30. The lowest BCUT2D eigenvalue weighted by Gasteiger charge is -2.11. The van der Waals surface area contributed by atoms with Gasteiger partial charge in [0.2, 0.25) is 0 Å². The number of hydrogen-bond acceptors (Lipinski definition) is 2. The summed E-state index contributed by atoms with van der Waals surface area (Å²) in [6.07, 6.45) is 6.69.